The largest absolute Gasteiger partial charge is 0.497 e. The third-order valence-electron chi connectivity index (χ3n) is 5.52. The third kappa shape index (κ3) is 4.82. The van der Waals surface area contributed by atoms with Gasteiger partial charge in [0, 0.05) is 22.9 Å². The number of allylic oxidation sites excluding steroid dienone is 1. The molecular formula is C29H21FN2O3. The molecule has 0 bridgehead atoms. The Bertz CT molecular complexity index is 1480. The summed E-state index contributed by atoms with van der Waals surface area (Å²) >= 11 is 0. The number of ketones is 1. The number of benzene rings is 3. The first-order valence-electron chi connectivity index (χ1n) is 11.0. The maximum absolute atomic E-state index is 13.2. The number of methoxy groups -OCH3 is 1. The van der Waals surface area contributed by atoms with Gasteiger partial charge in [-0.2, -0.15) is 5.10 Å². The lowest BCUT2D eigenvalue weighted by molar-refractivity contribution is 0.102. The van der Waals surface area contributed by atoms with Gasteiger partial charge in [0.25, 0.3) is 0 Å². The SMILES string of the molecule is COc1ccc(-c2nn(-c3ccccc3)cc2C=CC(=O)c2ccc(-c3ccc(F)cc3)o2)cc1. The average molecular weight is 464 g/mol. The Kier molecular flexibility index (Phi) is 6.09. The molecule has 0 aliphatic carbocycles. The maximum atomic E-state index is 13.2. The van der Waals surface area contributed by atoms with Crippen molar-refractivity contribution in [2.75, 3.05) is 7.11 Å². The number of hydrogen-bond donors (Lipinski definition) is 0. The highest BCUT2D eigenvalue weighted by atomic mass is 19.1. The van der Waals surface area contributed by atoms with Gasteiger partial charge in [0.15, 0.2) is 5.76 Å². The van der Waals surface area contributed by atoms with Gasteiger partial charge in [0.2, 0.25) is 5.78 Å². The summed E-state index contributed by atoms with van der Waals surface area (Å²) < 4.78 is 26.0. The number of furan rings is 1. The summed E-state index contributed by atoms with van der Waals surface area (Å²) in [6.45, 7) is 0. The lowest BCUT2D eigenvalue weighted by Crippen LogP contribution is -1.94. The van der Waals surface area contributed by atoms with Gasteiger partial charge < -0.3 is 9.15 Å². The van der Waals surface area contributed by atoms with Crippen molar-refractivity contribution in [3.63, 3.8) is 0 Å². The zero-order valence-corrected chi connectivity index (χ0v) is 18.9. The van der Waals surface area contributed by atoms with Gasteiger partial charge in [0.05, 0.1) is 18.5 Å². The lowest BCUT2D eigenvalue weighted by atomic mass is 10.1. The van der Waals surface area contributed by atoms with E-state index in [0.717, 1.165) is 28.3 Å². The molecule has 0 unspecified atom stereocenters. The van der Waals surface area contributed by atoms with E-state index in [9.17, 15) is 9.18 Å². The molecule has 5 nitrogen and oxygen atoms in total. The highest BCUT2D eigenvalue weighted by Crippen LogP contribution is 2.27. The minimum atomic E-state index is -0.330. The summed E-state index contributed by atoms with van der Waals surface area (Å²) in [6.07, 6.45) is 5.08. The fourth-order valence-corrected chi connectivity index (χ4v) is 3.68. The summed E-state index contributed by atoms with van der Waals surface area (Å²) in [5, 5.41) is 4.77. The van der Waals surface area contributed by atoms with Crippen molar-refractivity contribution in [1.29, 1.82) is 0 Å². The number of hydrogen-bond acceptors (Lipinski definition) is 4. The Hall–Kier alpha value is -4.71. The van der Waals surface area contributed by atoms with Crippen LogP contribution >= 0.6 is 0 Å². The first-order valence-corrected chi connectivity index (χ1v) is 11.0. The number of ether oxygens (including phenoxy) is 1. The summed E-state index contributed by atoms with van der Waals surface area (Å²) in [5.41, 5.74) is 4.00. The van der Waals surface area contributed by atoms with Gasteiger partial charge in [0.1, 0.15) is 17.3 Å². The fraction of sp³-hybridized carbons (Fsp3) is 0.0345. The molecule has 0 amide bonds. The van der Waals surface area contributed by atoms with E-state index in [1.54, 1.807) is 42.1 Å². The van der Waals surface area contributed by atoms with Crippen molar-refractivity contribution >= 4 is 11.9 Å². The number of rotatable bonds is 7. The zero-order chi connectivity index (χ0) is 24.2. The van der Waals surface area contributed by atoms with E-state index in [-0.39, 0.29) is 17.4 Å². The van der Waals surface area contributed by atoms with Crippen molar-refractivity contribution < 1.29 is 18.3 Å². The van der Waals surface area contributed by atoms with Gasteiger partial charge in [-0.25, -0.2) is 9.07 Å². The summed E-state index contributed by atoms with van der Waals surface area (Å²) in [4.78, 5) is 12.8. The average Bonchev–Trinajstić information content (AvgIpc) is 3.57. The van der Waals surface area contributed by atoms with Crippen LogP contribution in [0.2, 0.25) is 0 Å². The molecular weight excluding hydrogens is 443 g/mol. The number of carbonyl (C=O) groups excluding carboxylic acids is 1. The van der Waals surface area contributed by atoms with Gasteiger partial charge in [-0.3, -0.25) is 4.79 Å². The first kappa shape index (κ1) is 22.1. The van der Waals surface area contributed by atoms with Crippen molar-refractivity contribution in [3.05, 3.63) is 120 Å². The quantitative estimate of drug-likeness (QED) is 0.195. The van der Waals surface area contributed by atoms with Crippen molar-refractivity contribution in [2.24, 2.45) is 0 Å². The monoisotopic (exact) mass is 464 g/mol. The number of para-hydroxylation sites is 1. The Balaban J connectivity index is 1.45. The van der Waals surface area contributed by atoms with Gasteiger partial charge in [-0.05, 0) is 84.9 Å². The Morgan fingerprint density at radius 3 is 2.34 bits per heavy atom. The van der Waals surface area contributed by atoms with E-state index < -0.39 is 0 Å². The number of carbonyl (C=O) groups is 1. The van der Waals surface area contributed by atoms with Crippen LogP contribution in [0, 0.1) is 5.82 Å². The van der Waals surface area contributed by atoms with Gasteiger partial charge in [-0.15, -0.1) is 0 Å². The summed E-state index contributed by atoms with van der Waals surface area (Å²) in [6, 6.07) is 26.6. The smallest absolute Gasteiger partial charge is 0.221 e. The molecule has 0 saturated carbocycles. The van der Waals surface area contributed by atoms with Gasteiger partial charge in [-0.1, -0.05) is 18.2 Å². The lowest BCUT2D eigenvalue weighted by Gasteiger charge is -2.02. The molecule has 0 spiro atoms. The topological polar surface area (TPSA) is 57.3 Å². The first-order chi connectivity index (χ1) is 17.1. The molecule has 6 heteroatoms. The number of aromatic nitrogens is 2. The molecule has 0 aliphatic rings. The van der Waals surface area contributed by atoms with Crippen LogP contribution < -0.4 is 4.74 Å². The third-order valence-corrected chi connectivity index (χ3v) is 5.52. The second-order valence-corrected chi connectivity index (χ2v) is 7.81. The molecule has 35 heavy (non-hydrogen) atoms. The summed E-state index contributed by atoms with van der Waals surface area (Å²) in [7, 11) is 1.62. The van der Waals surface area contributed by atoms with E-state index in [2.05, 4.69) is 0 Å². The van der Waals surface area contributed by atoms with E-state index in [0.29, 0.717) is 11.3 Å². The van der Waals surface area contributed by atoms with E-state index >= 15 is 0 Å². The van der Waals surface area contributed by atoms with Crippen LogP contribution in [0.5, 0.6) is 5.75 Å². The standard InChI is InChI=1S/C29H21FN2O3/c1-34-25-14-9-21(10-15-25)29-22(19-32(31-29)24-5-3-2-4-6-24)11-16-26(33)28-18-17-27(35-28)20-7-12-23(30)13-8-20/h2-19H,1H3. The molecule has 0 aliphatic heterocycles. The molecule has 3 aromatic carbocycles. The normalized spacial score (nSPS) is 11.1. The van der Waals surface area contributed by atoms with E-state index in [1.807, 2.05) is 60.8 Å². The minimum Gasteiger partial charge on any atom is -0.497 e. The highest BCUT2D eigenvalue weighted by Gasteiger charge is 2.13. The molecule has 5 rings (SSSR count). The second kappa shape index (κ2) is 9.65. The molecule has 2 heterocycles. The predicted octanol–water partition coefficient (Wildman–Crippen LogP) is 6.84. The minimum absolute atomic E-state index is 0.196. The highest BCUT2D eigenvalue weighted by molar-refractivity contribution is 6.05. The molecule has 0 atom stereocenters. The fourth-order valence-electron chi connectivity index (χ4n) is 3.68. The Labute approximate surface area is 201 Å². The van der Waals surface area contributed by atoms with Crippen LogP contribution in [0.1, 0.15) is 16.1 Å². The molecule has 2 aromatic heterocycles. The van der Waals surface area contributed by atoms with Crippen LogP contribution in [0.4, 0.5) is 4.39 Å². The van der Waals surface area contributed by atoms with Crippen LogP contribution in [0.15, 0.2) is 108 Å². The molecule has 0 radical (unpaired) electrons. The van der Waals surface area contributed by atoms with Crippen molar-refractivity contribution in [3.8, 4) is 34.0 Å². The molecule has 172 valence electrons. The van der Waals surface area contributed by atoms with Crippen molar-refractivity contribution in [1.82, 2.24) is 9.78 Å². The number of nitrogens with zero attached hydrogens (tertiary/aromatic N) is 2. The zero-order valence-electron chi connectivity index (χ0n) is 18.9. The van der Waals surface area contributed by atoms with Crippen LogP contribution in [0.3, 0.4) is 0 Å². The molecule has 0 N–H and O–H groups in total. The van der Waals surface area contributed by atoms with Gasteiger partial charge >= 0.3 is 0 Å². The van der Waals surface area contributed by atoms with Crippen molar-refractivity contribution in [2.45, 2.75) is 0 Å². The molecule has 0 fully saturated rings. The number of halogens is 1. The molecule has 5 aromatic rings. The predicted molar refractivity (Wildman–Crippen MR) is 133 cm³/mol. The second-order valence-electron chi connectivity index (χ2n) is 7.81. The van der Waals surface area contributed by atoms with E-state index in [4.69, 9.17) is 14.3 Å². The summed E-state index contributed by atoms with van der Waals surface area (Å²) in [5.74, 6) is 0.827. The maximum Gasteiger partial charge on any atom is 0.221 e. The Morgan fingerprint density at radius 2 is 1.63 bits per heavy atom. The Morgan fingerprint density at radius 1 is 0.914 bits per heavy atom. The van der Waals surface area contributed by atoms with Crippen LogP contribution in [-0.4, -0.2) is 22.7 Å². The van der Waals surface area contributed by atoms with Crippen LogP contribution in [0.25, 0.3) is 34.3 Å². The van der Waals surface area contributed by atoms with Crippen LogP contribution in [-0.2, 0) is 0 Å². The molecule has 0 saturated heterocycles. The van der Waals surface area contributed by atoms with E-state index in [1.165, 1.54) is 18.2 Å².